The number of anilines is 1. The van der Waals surface area contributed by atoms with Crippen molar-refractivity contribution >= 4 is 27.5 Å². The van der Waals surface area contributed by atoms with Crippen molar-refractivity contribution in [3.63, 3.8) is 0 Å². The Kier molecular flexibility index (Phi) is 6.41. The van der Waals surface area contributed by atoms with Crippen LogP contribution < -0.4 is 10.2 Å². The molecule has 0 aliphatic heterocycles. The zero-order chi connectivity index (χ0) is 16.7. The lowest BCUT2D eigenvalue weighted by Crippen LogP contribution is -2.36. The number of hydrogen-bond acceptors (Lipinski definition) is 2. The molecule has 1 N–H and O–H groups in total. The SMILES string of the molecule is C/C=C\NCCN(C(=O)c1ccc(C)c(Br)c1)c1ccccc1. The highest BCUT2D eigenvalue weighted by molar-refractivity contribution is 9.10. The molecule has 0 unspecified atom stereocenters. The Morgan fingerprint density at radius 2 is 1.96 bits per heavy atom. The molecule has 0 heterocycles. The molecule has 0 fully saturated rings. The Hall–Kier alpha value is -2.07. The van der Waals surface area contributed by atoms with Gasteiger partial charge in [-0.1, -0.05) is 46.3 Å². The summed E-state index contributed by atoms with van der Waals surface area (Å²) in [6.45, 7) is 5.25. The summed E-state index contributed by atoms with van der Waals surface area (Å²) in [5, 5.41) is 3.18. The summed E-state index contributed by atoms with van der Waals surface area (Å²) < 4.78 is 0.948. The summed E-state index contributed by atoms with van der Waals surface area (Å²) in [5.74, 6) is -0.000761. The average molecular weight is 373 g/mol. The second-order valence-corrected chi connectivity index (χ2v) is 6.06. The normalized spacial score (nSPS) is 10.7. The summed E-state index contributed by atoms with van der Waals surface area (Å²) in [5.41, 5.74) is 2.69. The van der Waals surface area contributed by atoms with Crippen molar-refractivity contribution < 1.29 is 4.79 Å². The van der Waals surface area contributed by atoms with Crippen LogP contribution in [-0.4, -0.2) is 19.0 Å². The number of para-hydroxylation sites is 1. The lowest BCUT2D eigenvalue weighted by molar-refractivity contribution is 0.0987. The van der Waals surface area contributed by atoms with Crippen LogP contribution in [0.4, 0.5) is 5.69 Å². The Balaban J connectivity index is 2.24. The minimum Gasteiger partial charge on any atom is -0.389 e. The molecule has 0 bridgehead atoms. The van der Waals surface area contributed by atoms with Crippen LogP contribution in [0.3, 0.4) is 0 Å². The summed E-state index contributed by atoms with van der Waals surface area (Å²) in [4.78, 5) is 14.7. The molecule has 2 aromatic rings. The largest absolute Gasteiger partial charge is 0.389 e. The van der Waals surface area contributed by atoms with Crippen molar-refractivity contribution in [1.29, 1.82) is 0 Å². The van der Waals surface area contributed by atoms with Crippen LogP contribution in [0.5, 0.6) is 0 Å². The quantitative estimate of drug-likeness (QED) is 0.755. The van der Waals surface area contributed by atoms with Crippen LogP contribution in [0.25, 0.3) is 0 Å². The first-order chi connectivity index (χ1) is 11.1. The third-order valence-electron chi connectivity index (χ3n) is 3.50. The third kappa shape index (κ3) is 4.70. The Morgan fingerprint density at radius 1 is 1.22 bits per heavy atom. The maximum atomic E-state index is 12.9. The summed E-state index contributed by atoms with van der Waals surface area (Å²) in [6.07, 6.45) is 3.82. The monoisotopic (exact) mass is 372 g/mol. The van der Waals surface area contributed by atoms with E-state index >= 15 is 0 Å². The average Bonchev–Trinajstić information content (AvgIpc) is 2.58. The van der Waals surface area contributed by atoms with Crippen LogP contribution in [0.2, 0.25) is 0 Å². The lowest BCUT2D eigenvalue weighted by Gasteiger charge is -2.23. The number of nitrogens with zero attached hydrogens (tertiary/aromatic N) is 1. The van der Waals surface area contributed by atoms with E-state index in [4.69, 9.17) is 0 Å². The topological polar surface area (TPSA) is 32.3 Å². The molecule has 0 aromatic heterocycles. The molecule has 1 amide bonds. The van der Waals surface area contributed by atoms with Gasteiger partial charge in [-0.25, -0.2) is 0 Å². The highest BCUT2D eigenvalue weighted by atomic mass is 79.9. The van der Waals surface area contributed by atoms with Gasteiger partial charge < -0.3 is 10.2 Å². The highest BCUT2D eigenvalue weighted by Gasteiger charge is 2.17. The predicted molar refractivity (Wildman–Crippen MR) is 99.8 cm³/mol. The number of halogens is 1. The minimum absolute atomic E-state index is 0.000761. The Labute approximate surface area is 146 Å². The molecule has 0 saturated heterocycles. The van der Waals surface area contributed by atoms with E-state index in [-0.39, 0.29) is 5.91 Å². The molecule has 4 heteroatoms. The van der Waals surface area contributed by atoms with Crippen LogP contribution in [0.1, 0.15) is 22.8 Å². The van der Waals surface area contributed by atoms with E-state index in [1.807, 2.05) is 74.7 Å². The maximum Gasteiger partial charge on any atom is 0.258 e. The molecule has 120 valence electrons. The fourth-order valence-electron chi connectivity index (χ4n) is 2.22. The van der Waals surface area contributed by atoms with Crippen LogP contribution in [0.15, 0.2) is 65.3 Å². The van der Waals surface area contributed by atoms with Crippen molar-refractivity contribution in [2.75, 3.05) is 18.0 Å². The van der Waals surface area contributed by atoms with E-state index in [9.17, 15) is 4.79 Å². The molecule has 0 aliphatic rings. The molecule has 0 aliphatic carbocycles. The van der Waals surface area contributed by atoms with Gasteiger partial charge in [0.25, 0.3) is 5.91 Å². The molecule has 0 radical (unpaired) electrons. The maximum absolute atomic E-state index is 12.9. The van der Waals surface area contributed by atoms with Crippen molar-refractivity contribution in [2.45, 2.75) is 13.8 Å². The predicted octanol–water partition coefficient (Wildman–Crippen LogP) is 4.53. The van der Waals surface area contributed by atoms with Crippen LogP contribution in [-0.2, 0) is 0 Å². The fraction of sp³-hybridized carbons (Fsp3) is 0.211. The molecule has 0 spiro atoms. The van der Waals surface area contributed by atoms with Gasteiger partial charge in [-0.05, 0) is 49.9 Å². The second kappa shape index (κ2) is 8.53. The van der Waals surface area contributed by atoms with Gasteiger partial charge in [0.15, 0.2) is 0 Å². The summed E-state index contributed by atoms with van der Waals surface area (Å²) in [6, 6.07) is 15.5. The van der Waals surface area contributed by atoms with E-state index in [1.165, 1.54) is 0 Å². The number of carbonyl (C=O) groups is 1. The zero-order valence-corrected chi connectivity index (χ0v) is 15.0. The standard InChI is InChI=1S/C19H21BrN2O/c1-3-11-21-12-13-22(17-7-5-4-6-8-17)19(23)16-10-9-15(2)18(20)14-16/h3-11,14,21H,12-13H2,1-2H3/b11-3-. The number of hydrogen-bond donors (Lipinski definition) is 1. The zero-order valence-electron chi connectivity index (χ0n) is 13.4. The number of rotatable bonds is 6. The summed E-state index contributed by atoms with van der Waals surface area (Å²) >= 11 is 3.50. The number of nitrogens with one attached hydrogen (secondary N) is 1. The van der Waals surface area contributed by atoms with Gasteiger partial charge in [0.05, 0.1) is 0 Å². The first kappa shape index (κ1) is 17.3. The van der Waals surface area contributed by atoms with Gasteiger partial charge in [0.2, 0.25) is 0 Å². The molecule has 0 atom stereocenters. The molecule has 2 rings (SSSR count). The molecule has 2 aromatic carbocycles. The van der Waals surface area contributed by atoms with Crippen molar-refractivity contribution in [3.8, 4) is 0 Å². The van der Waals surface area contributed by atoms with Crippen molar-refractivity contribution in [1.82, 2.24) is 5.32 Å². The number of allylic oxidation sites excluding steroid dienone is 1. The van der Waals surface area contributed by atoms with E-state index in [0.29, 0.717) is 18.7 Å². The van der Waals surface area contributed by atoms with Gasteiger partial charge in [0.1, 0.15) is 0 Å². The number of amides is 1. The van der Waals surface area contributed by atoms with Crippen LogP contribution in [0, 0.1) is 6.92 Å². The smallest absolute Gasteiger partial charge is 0.258 e. The van der Waals surface area contributed by atoms with E-state index in [1.54, 1.807) is 4.90 Å². The van der Waals surface area contributed by atoms with Crippen molar-refractivity contribution in [3.05, 3.63) is 76.4 Å². The third-order valence-corrected chi connectivity index (χ3v) is 4.35. The van der Waals surface area contributed by atoms with Gasteiger partial charge >= 0.3 is 0 Å². The molecule has 23 heavy (non-hydrogen) atoms. The van der Waals surface area contributed by atoms with E-state index in [2.05, 4.69) is 21.2 Å². The number of benzene rings is 2. The molecule has 0 saturated carbocycles. The number of aryl methyl sites for hydroxylation is 1. The fourth-order valence-corrected chi connectivity index (χ4v) is 2.59. The Morgan fingerprint density at radius 3 is 2.61 bits per heavy atom. The molecular formula is C19H21BrN2O. The first-order valence-electron chi connectivity index (χ1n) is 7.61. The lowest BCUT2D eigenvalue weighted by atomic mass is 10.1. The van der Waals surface area contributed by atoms with Gasteiger partial charge in [-0.2, -0.15) is 0 Å². The van der Waals surface area contributed by atoms with Crippen LogP contribution >= 0.6 is 15.9 Å². The van der Waals surface area contributed by atoms with Gasteiger partial charge in [-0.3, -0.25) is 4.79 Å². The minimum atomic E-state index is -0.000761. The van der Waals surface area contributed by atoms with E-state index < -0.39 is 0 Å². The Bertz CT molecular complexity index is 683. The van der Waals surface area contributed by atoms with Gasteiger partial charge in [-0.15, -0.1) is 0 Å². The second-order valence-electron chi connectivity index (χ2n) is 5.21. The van der Waals surface area contributed by atoms with E-state index in [0.717, 1.165) is 15.7 Å². The highest BCUT2D eigenvalue weighted by Crippen LogP contribution is 2.21. The number of carbonyl (C=O) groups excluding carboxylic acids is 1. The first-order valence-corrected chi connectivity index (χ1v) is 8.40. The van der Waals surface area contributed by atoms with Crippen molar-refractivity contribution in [2.24, 2.45) is 0 Å². The summed E-state index contributed by atoms with van der Waals surface area (Å²) in [7, 11) is 0. The molecule has 3 nitrogen and oxygen atoms in total. The van der Waals surface area contributed by atoms with Gasteiger partial charge in [0, 0.05) is 28.8 Å². The molecular weight excluding hydrogens is 352 g/mol.